The van der Waals surface area contributed by atoms with Crippen molar-refractivity contribution in [3.63, 3.8) is 0 Å². The lowest BCUT2D eigenvalue weighted by Crippen LogP contribution is -2.47. The Balaban J connectivity index is 1.72. The minimum atomic E-state index is 0.0958. The van der Waals surface area contributed by atoms with Gasteiger partial charge in [-0.25, -0.2) is 0 Å². The van der Waals surface area contributed by atoms with Gasteiger partial charge in [0.05, 0.1) is 6.04 Å². The predicted molar refractivity (Wildman–Crippen MR) is 66.8 cm³/mol. The van der Waals surface area contributed by atoms with Gasteiger partial charge in [0, 0.05) is 26.3 Å². The second-order valence-electron chi connectivity index (χ2n) is 5.08. The summed E-state index contributed by atoms with van der Waals surface area (Å²) in [5.41, 5.74) is 0. The monoisotopic (exact) mass is 240 g/mol. The van der Waals surface area contributed by atoms with Crippen molar-refractivity contribution in [2.45, 2.75) is 38.6 Å². The Hall–Kier alpha value is -0.610. The standard InChI is InChI=1S/C13H24N2O2/c1-2-17-10-11-5-8-15(9-6-11)13(16)12-4-3-7-14-12/h11-12,14H,2-10H2,1H3/t12-/m0/s1. The van der Waals surface area contributed by atoms with Crippen LogP contribution in [0.5, 0.6) is 0 Å². The molecule has 0 bridgehead atoms. The van der Waals surface area contributed by atoms with Gasteiger partial charge >= 0.3 is 0 Å². The molecule has 1 N–H and O–H groups in total. The Morgan fingerprint density at radius 1 is 1.35 bits per heavy atom. The molecule has 0 spiro atoms. The zero-order valence-electron chi connectivity index (χ0n) is 10.8. The number of amides is 1. The van der Waals surface area contributed by atoms with Crippen LogP contribution in [-0.2, 0) is 9.53 Å². The van der Waals surface area contributed by atoms with E-state index in [1.165, 1.54) is 0 Å². The summed E-state index contributed by atoms with van der Waals surface area (Å²) in [7, 11) is 0. The number of carbonyl (C=O) groups is 1. The Kier molecular flexibility index (Phi) is 4.80. The highest BCUT2D eigenvalue weighted by Crippen LogP contribution is 2.19. The number of nitrogens with one attached hydrogen (secondary N) is 1. The van der Waals surface area contributed by atoms with Crippen LogP contribution in [0.4, 0.5) is 0 Å². The van der Waals surface area contributed by atoms with Gasteiger partial charge in [-0.3, -0.25) is 4.79 Å². The highest BCUT2D eigenvalue weighted by molar-refractivity contribution is 5.82. The van der Waals surface area contributed by atoms with Gasteiger partial charge in [0.2, 0.25) is 5.91 Å². The van der Waals surface area contributed by atoms with Crippen molar-refractivity contribution in [1.82, 2.24) is 10.2 Å². The second-order valence-corrected chi connectivity index (χ2v) is 5.08. The molecule has 1 amide bonds. The lowest BCUT2D eigenvalue weighted by Gasteiger charge is -2.33. The van der Waals surface area contributed by atoms with Gasteiger partial charge in [-0.2, -0.15) is 0 Å². The molecule has 2 saturated heterocycles. The number of ether oxygens (including phenoxy) is 1. The molecule has 2 heterocycles. The molecule has 0 aliphatic carbocycles. The van der Waals surface area contributed by atoms with Crippen LogP contribution in [0.15, 0.2) is 0 Å². The third kappa shape index (κ3) is 3.42. The van der Waals surface area contributed by atoms with Gasteiger partial charge in [0.15, 0.2) is 0 Å². The molecule has 4 heteroatoms. The first-order valence-corrected chi connectivity index (χ1v) is 6.91. The minimum absolute atomic E-state index is 0.0958. The van der Waals surface area contributed by atoms with Crippen LogP contribution in [0, 0.1) is 5.92 Å². The summed E-state index contributed by atoms with van der Waals surface area (Å²) in [6, 6.07) is 0.0958. The van der Waals surface area contributed by atoms with Crippen LogP contribution < -0.4 is 5.32 Å². The van der Waals surface area contributed by atoms with Gasteiger partial charge in [-0.1, -0.05) is 0 Å². The normalized spacial score (nSPS) is 26.4. The van der Waals surface area contributed by atoms with Crippen molar-refractivity contribution in [3.05, 3.63) is 0 Å². The van der Waals surface area contributed by atoms with Gasteiger partial charge in [0.25, 0.3) is 0 Å². The predicted octanol–water partition coefficient (Wildman–Crippen LogP) is 1.01. The number of hydrogen-bond donors (Lipinski definition) is 1. The van der Waals surface area contributed by atoms with Crippen molar-refractivity contribution in [3.8, 4) is 0 Å². The number of carbonyl (C=O) groups excluding carboxylic acids is 1. The van der Waals surface area contributed by atoms with Gasteiger partial charge in [-0.05, 0) is 45.1 Å². The highest BCUT2D eigenvalue weighted by Gasteiger charge is 2.29. The molecule has 1 atom stereocenters. The van der Waals surface area contributed by atoms with Gasteiger partial charge in [-0.15, -0.1) is 0 Å². The molecule has 4 nitrogen and oxygen atoms in total. The number of rotatable bonds is 4. The van der Waals surface area contributed by atoms with Crippen LogP contribution in [0.2, 0.25) is 0 Å². The third-order valence-electron chi connectivity index (χ3n) is 3.84. The van der Waals surface area contributed by atoms with E-state index in [9.17, 15) is 4.79 Å². The number of nitrogens with zero attached hydrogens (tertiary/aromatic N) is 1. The lowest BCUT2D eigenvalue weighted by molar-refractivity contribution is -0.134. The van der Waals surface area contributed by atoms with Crippen LogP contribution in [0.25, 0.3) is 0 Å². The smallest absolute Gasteiger partial charge is 0.239 e. The maximum Gasteiger partial charge on any atom is 0.239 e. The molecule has 0 unspecified atom stereocenters. The topological polar surface area (TPSA) is 41.6 Å². The summed E-state index contributed by atoms with van der Waals surface area (Å²) in [5, 5.41) is 3.28. The average Bonchev–Trinajstić information content (AvgIpc) is 2.90. The molecule has 2 rings (SSSR count). The summed E-state index contributed by atoms with van der Waals surface area (Å²) >= 11 is 0. The van der Waals surface area contributed by atoms with E-state index in [0.29, 0.717) is 11.8 Å². The summed E-state index contributed by atoms with van der Waals surface area (Å²) in [6.45, 7) is 6.51. The molecule has 98 valence electrons. The largest absolute Gasteiger partial charge is 0.381 e. The third-order valence-corrected chi connectivity index (χ3v) is 3.84. The maximum atomic E-state index is 12.2. The van der Waals surface area contributed by atoms with Crippen LogP contribution in [-0.4, -0.2) is 49.7 Å². The molecule has 0 aromatic carbocycles. The Morgan fingerprint density at radius 3 is 2.71 bits per heavy atom. The van der Waals surface area contributed by atoms with E-state index in [4.69, 9.17) is 4.74 Å². The lowest BCUT2D eigenvalue weighted by atomic mass is 9.97. The van der Waals surface area contributed by atoms with Crippen LogP contribution in [0.3, 0.4) is 0 Å². The van der Waals surface area contributed by atoms with Crippen molar-refractivity contribution in [2.24, 2.45) is 5.92 Å². The maximum absolute atomic E-state index is 12.2. The molecule has 0 saturated carbocycles. The fourth-order valence-electron chi connectivity index (χ4n) is 2.72. The van der Waals surface area contributed by atoms with Crippen molar-refractivity contribution in [2.75, 3.05) is 32.8 Å². The summed E-state index contributed by atoms with van der Waals surface area (Å²) in [4.78, 5) is 14.2. The molecular weight excluding hydrogens is 216 g/mol. The number of hydrogen-bond acceptors (Lipinski definition) is 3. The quantitative estimate of drug-likeness (QED) is 0.797. The minimum Gasteiger partial charge on any atom is -0.381 e. The molecule has 0 radical (unpaired) electrons. The highest BCUT2D eigenvalue weighted by atomic mass is 16.5. The van der Waals surface area contributed by atoms with E-state index in [1.807, 2.05) is 11.8 Å². The van der Waals surface area contributed by atoms with E-state index < -0.39 is 0 Å². The fourth-order valence-corrected chi connectivity index (χ4v) is 2.72. The van der Waals surface area contributed by atoms with E-state index in [-0.39, 0.29) is 6.04 Å². The summed E-state index contributed by atoms with van der Waals surface area (Å²) in [6.07, 6.45) is 4.34. The average molecular weight is 240 g/mol. The molecule has 17 heavy (non-hydrogen) atoms. The number of piperidine rings is 1. The SMILES string of the molecule is CCOCC1CCN(C(=O)[C@@H]2CCCN2)CC1. The fraction of sp³-hybridized carbons (Fsp3) is 0.923. The molecule has 2 fully saturated rings. The van der Waals surface area contributed by atoms with Gasteiger partial charge < -0.3 is 15.0 Å². The number of likely N-dealkylation sites (tertiary alicyclic amines) is 1. The van der Waals surface area contributed by atoms with E-state index in [1.54, 1.807) is 0 Å². The van der Waals surface area contributed by atoms with Crippen molar-refractivity contribution >= 4 is 5.91 Å². The second kappa shape index (κ2) is 6.36. The first-order chi connectivity index (χ1) is 8.31. The Morgan fingerprint density at radius 2 is 2.12 bits per heavy atom. The van der Waals surface area contributed by atoms with Crippen LogP contribution >= 0.6 is 0 Å². The van der Waals surface area contributed by atoms with E-state index in [0.717, 1.165) is 58.5 Å². The molecular formula is C13H24N2O2. The van der Waals surface area contributed by atoms with E-state index >= 15 is 0 Å². The molecule has 2 aliphatic rings. The zero-order valence-corrected chi connectivity index (χ0v) is 10.8. The van der Waals surface area contributed by atoms with Crippen molar-refractivity contribution in [1.29, 1.82) is 0 Å². The van der Waals surface area contributed by atoms with Gasteiger partial charge in [0.1, 0.15) is 0 Å². The molecule has 0 aromatic heterocycles. The van der Waals surface area contributed by atoms with E-state index in [2.05, 4.69) is 5.32 Å². The zero-order chi connectivity index (χ0) is 12.1. The Bertz CT molecular complexity index is 244. The van der Waals surface area contributed by atoms with Crippen LogP contribution in [0.1, 0.15) is 32.6 Å². The summed E-state index contributed by atoms with van der Waals surface area (Å²) in [5.74, 6) is 0.966. The summed E-state index contributed by atoms with van der Waals surface area (Å²) < 4.78 is 5.45. The molecule has 0 aromatic rings. The first-order valence-electron chi connectivity index (χ1n) is 6.91. The van der Waals surface area contributed by atoms with Crippen molar-refractivity contribution < 1.29 is 9.53 Å². The Labute approximate surface area is 104 Å². The first kappa shape index (κ1) is 12.8. The molecule has 2 aliphatic heterocycles.